The van der Waals surface area contributed by atoms with Gasteiger partial charge in [0.05, 0.1) is 5.54 Å². The van der Waals surface area contributed by atoms with Gasteiger partial charge in [0.15, 0.2) is 0 Å². The van der Waals surface area contributed by atoms with Crippen LogP contribution in [0.5, 0.6) is 0 Å². The van der Waals surface area contributed by atoms with Crippen molar-refractivity contribution in [2.24, 2.45) is 11.7 Å². The quantitative estimate of drug-likeness (QED) is 0.685. The van der Waals surface area contributed by atoms with Gasteiger partial charge in [0.1, 0.15) is 0 Å². The third-order valence-corrected chi connectivity index (χ3v) is 5.50. The Morgan fingerprint density at radius 3 is 2.63 bits per heavy atom. The normalized spacial score (nSPS) is 21.2. The van der Waals surface area contributed by atoms with Crippen LogP contribution in [0, 0.1) is 5.92 Å². The summed E-state index contributed by atoms with van der Waals surface area (Å²) in [6.07, 6.45) is 7.42. The third-order valence-electron chi connectivity index (χ3n) is 4.10. The van der Waals surface area contributed by atoms with E-state index in [0.29, 0.717) is 5.25 Å². The molecule has 112 valence electrons. The molecule has 3 N–H and O–H groups in total. The fourth-order valence-electron chi connectivity index (χ4n) is 2.77. The average Bonchev–Trinajstić information content (AvgIpc) is 2.87. The summed E-state index contributed by atoms with van der Waals surface area (Å²) < 4.78 is 0. The Bertz CT molecular complexity index is 279. The van der Waals surface area contributed by atoms with E-state index in [4.69, 9.17) is 5.73 Å². The van der Waals surface area contributed by atoms with Gasteiger partial charge >= 0.3 is 0 Å². The van der Waals surface area contributed by atoms with E-state index in [1.807, 2.05) is 18.7 Å². The minimum atomic E-state index is -0.557. The summed E-state index contributed by atoms with van der Waals surface area (Å²) in [5.41, 5.74) is 5.01. The Morgan fingerprint density at radius 2 is 2.11 bits per heavy atom. The highest BCUT2D eigenvalue weighted by Gasteiger charge is 2.32. The molecule has 3 nitrogen and oxygen atoms in total. The molecule has 0 aromatic heterocycles. The molecular formula is C15H30N2OS. The maximum absolute atomic E-state index is 11.7. The molecule has 0 radical (unpaired) electrons. The molecule has 1 saturated carbocycles. The van der Waals surface area contributed by atoms with Crippen molar-refractivity contribution in [1.29, 1.82) is 0 Å². The number of rotatable bonds is 9. The summed E-state index contributed by atoms with van der Waals surface area (Å²) >= 11 is 2.00. The fraction of sp³-hybridized carbons (Fsp3) is 0.933. The van der Waals surface area contributed by atoms with E-state index in [2.05, 4.69) is 19.2 Å². The van der Waals surface area contributed by atoms with Crippen molar-refractivity contribution in [1.82, 2.24) is 5.32 Å². The van der Waals surface area contributed by atoms with E-state index in [1.54, 1.807) is 0 Å². The van der Waals surface area contributed by atoms with Crippen LogP contribution >= 0.6 is 11.8 Å². The summed E-state index contributed by atoms with van der Waals surface area (Å²) in [5, 5.41) is 3.79. The van der Waals surface area contributed by atoms with Crippen LogP contribution < -0.4 is 11.1 Å². The molecule has 1 aliphatic rings. The first-order valence-corrected chi connectivity index (χ1v) is 8.69. The van der Waals surface area contributed by atoms with E-state index in [-0.39, 0.29) is 5.91 Å². The zero-order chi connectivity index (χ0) is 14.3. The zero-order valence-corrected chi connectivity index (χ0v) is 13.5. The van der Waals surface area contributed by atoms with Gasteiger partial charge in [-0.05, 0) is 50.8 Å². The maximum Gasteiger partial charge on any atom is 0.237 e. The maximum atomic E-state index is 11.7. The number of hydrogen-bond donors (Lipinski definition) is 2. The molecule has 0 bridgehead atoms. The molecule has 19 heavy (non-hydrogen) atoms. The number of primary amides is 1. The van der Waals surface area contributed by atoms with E-state index >= 15 is 0 Å². The summed E-state index contributed by atoms with van der Waals surface area (Å²) in [5.74, 6) is 1.91. The second kappa shape index (κ2) is 8.15. The van der Waals surface area contributed by atoms with E-state index < -0.39 is 5.54 Å². The summed E-state index contributed by atoms with van der Waals surface area (Å²) in [6, 6.07) is 0. The first-order chi connectivity index (χ1) is 8.98. The predicted molar refractivity (Wildman–Crippen MR) is 84.4 cm³/mol. The molecule has 0 aromatic carbocycles. The number of amides is 1. The molecule has 1 aliphatic carbocycles. The van der Waals surface area contributed by atoms with Crippen LogP contribution in [-0.2, 0) is 4.79 Å². The standard InChI is InChI=1S/C15H30N2OS/c1-4-9-17-15(3,14(16)18)10-12(2)19-11-13-7-5-6-8-13/h12-13,17H,4-11H2,1-3H3,(H2,16,18). The molecule has 0 aliphatic heterocycles. The number of hydrogen-bond acceptors (Lipinski definition) is 3. The van der Waals surface area contributed by atoms with Gasteiger partial charge in [0.25, 0.3) is 0 Å². The number of carbonyl (C=O) groups is 1. The lowest BCUT2D eigenvalue weighted by atomic mass is 9.95. The molecule has 0 aromatic rings. The Balaban J connectivity index is 2.37. The van der Waals surface area contributed by atoms with E-state index in [9.17, 15) is 4.79 Å². The number of carbonyl (C=O) groups excluding carboxylic acids is 1. The molecule has 1 amide bonds. The van der Waals surface area contributed by atoms with E-state index in [0.717, 1.165) is 25.3 Å². The zero-order valence-electron chi connectivity index (χ0n) is 12.7. The molecule has 2 unspecified atom stereocenters. The van der Waals surface area contributed by atoms with Gasteiger partial charge in [-0.2, -0.15) is 11.8 Å². The van der Waals surface area contributed by atoms with Gasteiger partial charge in [-0.25, -0.2) is 0 Å². The van der Waals surface area contributed by atoms with Crippen LogP contribution in [0.4, 0.5) is 0 Å². The highest BCUT2D eigenvalue weighted by molar-refractivity contribution is 7.99. The van der Waals surface area contributed by atoms with Crippen molar-refractivity contribution in [2.45, 2.75) is 70.1 Å². The fourth-order valence-corrected chi connectivity index (χ4v) is 4.16. The highest BCUT2D eigenvalue weighted by Crippen LogP contribution is 2.31. The van der Waals surface area contributed by atoms with Crippen LogP contribution in [0.25, 0.3) is 0 Å². The van der Waals surface area contributed by atoms with Crippen molar-refractivity contribution in [2.75, 3.05) is 12.3 Å². The second-order valence-electron chi connectivity index (χ2n) is 6.12. The molecule has 0 saturated heterocycles. The average molecular weight is 286 g/mol. The number of thioether (sulfide) groups is 1. The lowest BCUT2D eigenvalue weighted by molar-refractivity contribution is -0.124. The van der Waals surface area contributed by atoms with E-state index in [1.165, 1.54) is 31.4 Å². The van der Waals surface area contributed by atoms with Crippen molar-refractivity contribution in [3.63, 3.8) is 0 Å². The Labute approximate surface area is 122 Å². The van der Waals surface area contributed by atoms with Gasteiger partial charge < -0.3 is 11.1 Å². The van der Waals surface area contributed by atoms with Crippen molar-refractivity contribution in [3.05, 3.63) is 0 Å². The topological polar surface area (TPSA) is 55.1 Å². The summed E-state index contributed by atoms with van der Waals surface area (Å²) in [6.45, 7) is 7.11. The Kier molecular flexibility index (Phi) is 7.22. The Hall–Kier alpha value is -0.220. The summed E-state index contributed by atoms with van der Waals surface area (Å²) in [7, 11) is 0. The molecule has 4 heteroatoms. The van der Waals surface area contributed by atoms with Gasteiger partial charge in [0, 0.05) is 5.25 Å². The monoisotopic (exact) mass is 286 g/mol. The van der Waals surface area contributed by atoms with Gasteiger partial charge in [-0.1, -0.05) is 26.7 Å². The van der Waals surface area contributed by atoms with Crippen LogP contribution in [0.3, 0.4) is 0 Å². The van der Waals surface area contributed by atoms with Crippen LogP contribution in [0.2, 0.25) is 0 Å². The van der Waals surface area contributed by atoms with Crippen molar-refractivity contribution < 1.29 is 4.79 Å². The minimum Gasteiger partial charge on any atom is -0.368 e. The lowest BCUT2D eigenvalue weighted by Crippen LogP contribution is -2.54. The SMILES string of the molecule is CCCNC(C)(CC(C)SCC1CCCC1)C(N)=O. The third kappa shape index (κ3) is 5.74. The first-order valence-electron chi connectivity index (χ1n) is 7.64. The Morgan fingerprint density at radius 1 is 1.47 bits per heavy atom. The minimum absolute atomic E-state index is 0.228. The molecular weight excluding hydrogens is 256 g/mol. The molecule has 0 spiro atoms. The van der Waals surface area contributed by atoms with Crippen LogP contribution in [0.1, 0.15) is 59.3 Å². The molecule has 1 rings (SSSR count). The molecule has 2 atom stereocenters. The van der Waals surface area contributed by atoms with Crippen molar-refractivity contribution >= 4 is 17.7 Å². The highest BCUT2D eigenvalue weighted by atomic mass is 32.2. The lowest BCUT2D eigenvalue weighted by Gasteiger charge is -2.30. The predicted octanol–water partition coefficient (Wildman–Crippen LogP) is 2.93. The smallest absolute Gasteiger partial charge is 0.237 e. The second-order valence-corrected chi connectivity index (χ2v) is 7.59. The number of nitrogens with two attached hydrogens (primary N) is 1. The van der Waals surface area contributed by atoms with Gasteiger partial charge in [0.2, 0.25) is 5.91 Å². The largest absolute Gasteiger partial charge is 0.368 e. The summed E-state index contributed by atoms with van der Waals surface area (Å²) in [4.78, 5) is 11.7. The van der Waals surface area contributed by atoms with Gasteiger partial charge in [-0.15, -0.1) is 0 Å². The van der Waals surface area contributed by atoms with Crippen LogP contribution in [-0.4, -0.2) is 29.0 Å². The molecule has 0 heterocycles. The first kappa shape index (κ1) is 16.8. The van der Waals surface area contributed by atoms with Crippen LogP contribution in [0.15, 0.2) is 0 Å². The molecule has 1 fully saturated rings. The number of nitrogens with one attached hydrogen (secondary N) is 1. The van der Waals surface area contributed by atoms with Crippen molar-refractivity contribution in [3.8, 4) is 0 Å². The van der Waals surface area contributed by atoms with Gasteiger partial charge in [-0.3, -0.25) is 4.79 Å².